The average molecular weight is 342 g/mol. The predicted octanol–water partition coefficient (Wildman–Crippen LogP) is 3.22. The van der Waals surface area contributed by atoms with Crippen LogP contribution < -0.4 is 5.32 Å². The van der Waals surface area contributed by atoms with E-state index in [1.54, 1.807) is 0 Å². The summed E-state index contributed by atoms with van der Waals surface area (Å²) in [6.45, 7) is 3.35. The van der Waals surface area contributed by atoms with E-state index in [1.807, 2.05) is 6.92 Å². The van der Waals surface area contributed by atoms with E-state index >= 15 is 0 Å². The van der Waals surface area contributed by atoms with Crippen molar-refractivity contribution in [2.75, 3.05) is 25.1 Å². The number of halogens is 3. The Morgan fingerprint density at radius 1 is 1.33 bits per heavy atom. The Morgan fingerprint density at radius 2 is 2.08 bits per heavy atom. The summed E-state index contributed by atoms with van der Waals surface area (Å²) < 4.78 is 48.9. The summed E-state index contributed by atoms with van der Waals surface area (Å²) >= 11 is 0. The Hall–Kier alpha value is -2.13. The summed E-state index contributed by atoms with van der Waals surface area (Å²) in [5.41, 5.74) is -0.897. The number of aromatic amines is 1. The fourth-order valence-corrected chi connectivity index (χ4v) is 2.58. The molecule has 1 aliphatic heterocycles. The molecule has 3 rings (SSSR count). The molecule has 1 saturated heterocycles. The topological polar surface area (TPSA) is 72.1 Å². The van der Waals surface area contributed by atoms with Crippen LogP contribution in [-0.2, 0) is 21.3 Å². The normalized spacial score (nSPS) is 21.2. The molecule has 9 heteroatoms. The summed E-state index contributed by atoms with van der Waals surface area (Å²) in [5, 5.41) is 9.74. The van der Waals surface area contributed by atoms with Gasteiger partial charge in [-0.15, -0.1) is 5.10 Å². The van der Waals surface area contributed by atoms with Gasteiger partial charge in [0.05, 0.1) is 18.8 Å². The van der Waals surface area contributed by atoms with Crippen LogP contribution in [0, 0.1) is 0 Å². The standard InChI is InChI=1S/C15H17F3N4O2/c1-2-24-14(7-8-23-9-14)12-20-13(22-21-12)19-11-5-3-10(4-6-11)15(16,17)18/h3-6H,2,7-9H2,1H3,(H2,19,20,21,22). The number of hydrogen-bond donors (Lipinski definition) is 2. The van der Waals surface area contributed by atoms with E-state index in [1.165, 1.54) is 12.1 Å². The lowest BCUT2D eigenvalue weighted by Gasteiger charge is -2.24. The smallest absolute Gasteiger partial charge is 0.378 e. The molecule has 0 aliphatic carbocycles. The summed E-state index contributed by atoms with van der Waals surface area (Å²) in [4.78, 5) is 4.34. The summed E-state index contributed by atoms with van der Waals surface area (Å²) in [7, 11) is 0. The number of nitrogens with zero attached hydrogens (tertiary/aromatic N) is 2. The fourth-order valence-electron chi connectivity index (χ4n) is 2.58. The lowest BCUT2D eigenvalue weighted by Crippen LogP contribution is -2.31. The quantitative estimate of drug-likeness (QED) is 0.873. The Balaban J connectivity index is 1.74. The second kappa shape index (κ2) is 6.40. The Morgan fingerprint density at radius 3 is 2.67 bits per heavy atom. The molecule has 0 amide bonds. The van der Waals surface area contributed by atoms with Gasteiger partial charge < -0.3 is 14.8 Å². The minimum absolute atomic E-state index is 0.260. The van der Waals surface area contributed by atoms with Gasteiger partial charge in [-0.3, -0.25) is 5.10 Å². The van der Waals surface area contributed by atoms with Crippen molar-refractivity contribution < 1.29 is 22.6 Å². The first-order chi connectivity index (χ1) is 11.4. The van der Waals surface area contributed by atoms with E-state index in [0.717, 1.165) is 12.1 Å². The van der Waals surface area contributed by atoms with Crippen molar-refractivity contribution in [2.45, 2.75) is 25.1 Å². The van der Waals surface area contributed by atoms with Gasteiger partial charge >= 0.3 is 6.18 Å². The first-order valence-corrected chi connectivity index (χ1v) is 7.52. The van der Waals surface area contributed by atoms with Gasteiger partial charge in [0, 0.05) is 18.7 Å². The molecule has 6 nitrogen and oxygen atoms in total. The molecule has 2 aromatic rings. The van der Waals surface area contributed by atoms with Gasteiger partial charge in [-0.25, -0.2) is 0 Å². The van der Waals surface area contributed by atoms with E-state index in [-0.39, 0.29) is 5.95 Å². The van der Waals surface area contributed by atoms with Gasteiger partial charge in [-0.2, -0.15) is 18.2 Å². The largest absolute Gasteiger partial charge is 0.416 e. The van der Waals surface area contributed by atoms with Crippen molar-refractivity contribution in [1.82, 2.24) is 15.2 Å². The van der Waals surface area contributed by atoms with Crippen LogP contribution >= 0.6 is 0 Å². The highest BCUT2D eigenvalue weighted by Crippen LogP contribution is 2.33. The monoisotopic (exact) mass is 342 g/mol. The number of hydrogen-bond acceptors (Lipinski definition) is 5. The number of benzene rings is 1. The van der Waals surface area contributed by atoms with Crippen LogP contribution in [0.1, 0.15) is 24.7 Å². The minimum Gasteiger partial charge on any atom is -0.378 e. The van der Waals surface area contributed by atoms with E-state index in [9.17, 15) is 13.2 Å². The van der Waals surface area contributed by atoms with Gasteiger partial charge in [0.25, 0.3) is 0 Å². The Kier molecular flexibility index (Phi) is 4.46. The number of aromatic nitrogens is 3. The third-order valence-electron chi connectivity index (χ3n) is 3.79. The maximum atomic E-state index is 12.6. The third-order valence-corrected chi connectivity index (χ3v) is 3.79. The predicted molar refractivity (Wildman–Crippen MR) is 79.8 cm³/mol. The molecule has 1 aromatic carbocycles. The van der Waals surface area contributed by atoms with Gasteiger partial charge in [-0.05, 0) is 31.2 Å². The van der Waals surface area contributed by atoms with Crippen LogP contribution in [0.25, 0.3) is 0 Å². The molecule has 130 valence electrons. The number of nitrogens with one attached hydrogen (secondary N) is 2. The molecular weight excluding hydrogens is 325 g/mol. The molecule has 24 heavy (non-hydrogen) atoms. The molecule has 1 fully saturated rings. The maximum absolute atomic E-state index is 12.6. The summed E-state index contributed by atoms with van der Waals surface area (Å²) in [5.74, 6) is 0.798. The molecule has 0 spiro atoms. The van der Waals surface area contributed by atoms with Gasteiger partial charge in [0.1, 0.15) is 0 Å². The Bertz CT molecular complexity index is 679. The minimum atomic E-state index is -4.36. The SMILES string of the molecule is CCOC1(c2nc(Nc3ccc(C(F)(F)F)cc3)n[nH]2)CCOC1. The zero-order valence-corrected chi connectivity index (χ0v) is 13.0. The average Bonchev–Trinajstić information content (AvgIpc) is 3.17. The molecule has 0 radical (unpaired) electrons. The molecule has 1 atom stereocenters. The van der Waals surface area contributed by atoms with E-state index in [0.29, 0.717) is 37.8 Å². The van der Waals surface area contributed by atoms with Gasteiger partial charge in [-0.1, -0.05) is 0 Å². The molecule has 0 saturated carbocycles. The maximum Gasteiger partial charge on any atom is 0.416 e. The lowest BCUT2D eigenvalue weighted by molar-refractivity contribution is -0.137. The molecule has 2 N–H and O–H groups in total. The zero-order chi connectivity index (χ0) is 17.2. The first kappa shape index (κ1) is 16.7. The van der Waals surface area contributed by atoms with Gasteiger partial charge in [0.2, 0.25) is 5.95 Å². The molecule has 1 unspecified atom stereocenters. The van der Waals surface area contributed by atoms with Gasteiger partial charge in [0.15, 0.2) is 11.4 Å². The number of alkyl halides is 3. The molecule has 0 bridgehead atoms. The van der Waals surface area contributed by atoms with Crippen molar-refractivity contribution in [3.8, 4) is 0 Å². The first-order valence-electron chi connectivity index (χ1n) is 7.52. The van der Waals surface area contributed by atoms with Crippen molar-refractivity contribution in [3.63, 3.8) is 0 Å². The number of anilines is 2. The second-order valence-corrected chi connectivity index (χ2v) is 5.44. The van der Waals surface area contributed by atoms with Crippen LogP contribution in [-0.4, -0.2) is 35.0 Å². The molecule has 1 aliphatic rings. The van der Waals surface area contributed by atoms with Crippen molar-refractivity contribution >= 4 is 11.6 Å². The molecule has 1 aromatic heterocycles. The van der Waals surface area contributed by atoms with Crippen LogP contribution in [0.15, 0.2) is 24.3 Å². The van der Waals surface area contributed by atoms with Crippen LogP contribution in [0.2, 0.25) is 0 Å². The highest BCUT2D eigenvalue weighted by Gasteiger charge is 2.41. The van der Waals surface area contributed by atoms with E-state index in [2.05, 4.69) is 20.5 Å². The number of rotatable bonds is 5. The summed E-state index contributed by atoms with van der Waals surface area (Å²) in [6, 6.07) is 4.66. The fraction of sp³-hybridized carbons (Fsp3) is 0.467. The van der Waals surface area contributed by atoms with Crippen molar-refractivity contribution in [2.24, 2.45) is 0 Å². The second-order valence-electron chi connectivity index (χ2n) is 5.44. The molecule has 2 heterocycles. The van der Waals surface area contributed by atoms with E-state index < -0.39 is 17.3 Å². The number of H-pyrrole nitrogens is 1. The zero-order valence-electron chi connectivity index (χ0n) is 13.0. The van der Waals surface area contributed by atoms with Crippen LogP contribution in [0.3, 0.4) is 0 Å². The van der Waals surface area contributed by atoms with E-state index in [4.69, 9.17) is 9.47 Å². The summed E-state index contributed by atoms with van der Waals surface area (Å²) in [6.07, 6.45) is -3.70. The number of ether oxygens (including phenoxy) is 2. The van der Waals surface area contributed by atoms with Crippen molar-refractivity contribution in [3.05, 3.63) is 35.7 Å². The highest BCUT2D eigenvalue weighted by molar-refractivity contribution is 5.53. The Labute approximate surface area is 136 Å². The van der Waals surface area contributed by atoms with Crippen LogP contribution in [0.5, 0.6) is 0 Å². The van der Waals surface area contributed by atoms with Crippen LogP contribution in [0.4, 0.5) is 24.8 Å². The lowest BCUT2D eigenvalue weighted by atomic mass is 10.0. The third kappa shape index (κ3) is 3.36. The van der Waals surface area contributed by atoms with Crippen molar-refractivity contribution in [1.29, 1.82) is 0 Å². The molecular formula is C15H17F3N4O2. The highest BCUT2D eigenvalue weighted by atomic mass is 19.4.